The lowest BCUT2D eigenvalue weighted by Crippen LogP contribution is -2.47. The molecule has 1 aromatic rings. The summed E-state index contributed by atoms with van der Waals surface area (Å²) in [7, 11) is 0. The third-order valence-electron chi connectivity index (χ3n) is 4.99. The van der Waals surface area contributed by atoms with Crippen LogP contribution in [0.15, 0.2) is 18.2 Å². The van der Waals surface area contributed by atoms with Crippen molar-refractivity contribution in [3.63, 3.8) is 0 Å². The number of likely N-dealkylation sites (tertiary alicyclic amines) is 1. The summed E-state index contributed by atoms with van der Waals surface area (Å²) in [5.41, 5.74) is 2.88. The average molecular weight is 345 g/mol. The topological polar surface area (TPSA) is 61.4 Å². The molecule has 0 spiro atoms. The van der Waals surface area contributed by atoms with Gasteiger partial charge in [-0.05, 0) is 57.8 Å². The van der Waals surface area contributed by atoms with Crippen molar-refractivity contribution < 1.29 is 9.59 Å². The van der Waals surface area contributed by atoms with Gasteiger partial charge in [-0.2, -0.15) is 0 Å². The monoisotopic (exact) mass is 345 g/mol. The number of hydrogen-bond acceptors (Lipinski definition) is 3. The maximum absolute atomic E-state index is 12.4. The highest BCUT2D eigenvalue weighted by atomic mass is 16.2. The summed E-state index contributed by atoms with van der Waals surface area (Å²) in [5, 5.41) is 5.69. The molecule has 1 aliphatic heterocycles. The molecule has 0 aromatic heterocycles. The van der Waals surface area contributed by atoms with E-state index in [0.717, 1.165) is 42.7 Å². The highest BCUT2D eigenvalue weighted by molar-refractivity contribution is 5.96. The molecule has 5 heteroatoms. The zero-order valence-corrected chi connectivity index (χ0v) is 15.7. The summed E-state index contributed by atoms with van der Waals surface area (Å²) in [5.74, 6) is -0.261. The first-order valence-corrected chi connectivity index (χ1v) is 9.37. The van der Waals surface area contributed by atoms with E-state index in [1.807, 2.05) is 39.0 Å². The molecule has 2 rings (SSSR count). The van der Waals surface area contributed by atoms with Gasteiger partial charge >= 0.3 is 0 Å². The van der Waals surface area contributed by atoms with Crippen molar-refractivity contribution in [2.45, 2.75) is 58.9 Å². The second-order valence-corrected chi connectivity index (χ2v) is 7.01. The fourth-order valence-electron chi connectivity index (χ4n) is 3.34. The molecule has 25 heavy (non-hydrogen) atoms. The molecule has 1 aliphatic rings. The molecular weight excluding hydrogens is 314 g/mol. The van der Waals surface area contributed by atoms with Crippen LogP contribution >= 0.6 is 0 Å². The number of carbonyl (C=O) groups is 2. The summed E-state index contributed by atoms with van der Waals surface area (Å²) >= 11 is 0. The lowest BCUT2D eigenvalue weighted by atomic mass is 10.1. The van der Waals surface area contributed by atoms with Crippen LogP contribution in [0, 0.1) is 13.8 Å². The van der Waals surface area contributed by atoms with Gasteiger partial charge in [-0.3, -0.25) is 14.5 Å². The van der Waals surface area contributed by atoms with Crippen molar-refractivity contribution >= 4 is 17.5 Å². The van der Waals surface area contributed by atoms with Gasteiger partial charge in [0.25, 0.3) is 0 Å². The lowest BCUT2D eigenvalue weighted by molar-refractivity contribution is -0.128. The molecule has 1 aromatic carbocycles. The molecular formula is C20H31N3O2. The van der Waals surface area contributed by atoms with E-state index in [1.165, 1.54) is 19.3 Å². The zero-order valence-electron chi connectivity index (χ0n) is 15.7. The van der Waals surface area contributed by atoms with E-state index >= 15 is 0 Å². The first-order valence-electron chi connectivity index (χ1n) is 9.37. The van der Waals surface area contributed by atoms with E-state index in [4.69, 9.17) is 0 Å². The number of anilines is 1. The molecule has 2 amide bonds. The van der Waals surface area contributed by atoms with Gasteiger partial charge in [0.2, 0.25) is 11.8 Å². The number of amides is 2. The average Bonchev–Trinajstić information content (AvgIpc) is 2.55. The first kappa shape index (κ1) is 19.4. The van der Waals surface area contributed by atoms with Gasteiger partial charge in [0, 0.05) is 5.69 Å². The Balaban J connectivity index is 1.82. The number of aryl methyl sites for hydroxylation is 2. The van der Waals surface area contributed by atoms with Gasteiger partial charge in [0.05, 0.1) is 12.6 Å². The molecule has 0 saturated carbocycles. The number of carbonyl (C=O) groups excluding carboxylic acids is 2. The number of nitrogens with zero attached hydrogens (tertiary/aromatic N) is 1. The summed E-state index contributed by atoms with van der Waals surface area (Å²) in [6, 6.07) is 5.70. The summed E-state index contributed by atoms with van der Waals surface area (Å²) in [6.07, 6.45) is 6.06. The van der Waals surface area contributed by atoms with Crippen molar-refractivity contribution in [2.24, 2.45) is 0 Å². The molecule has 0 unspecified atom stereocenters. The van der Waals surface area contributed by atoms with E-state index in [1.54, 1.807) is 0 Å². The number of nitrogens with one attached hydrogen (secondary N) is 2. The summed E-state index contributed by atoms with van der Waals surface area (Å²) < 4.78 is 0. The Morgan fingerprint density at radius 1 is 1.04 bits per heavy atom. The summed E-state index contributed by atoms with van der Waals surface area (Å²) in [4.78, 5) is 26.8. The highest BCUT2D eigenvalue weighted by Crippen LogP contribution is 2.19. The lowest BCUT2D eigenvalue weighted by Gasteiger charge is -2.29. The molecule has 0 bridgehead atoms. The second kappa shape index (κ2) is 9.56. The van der Waals surface area contributed by atoms with Crippen LogP contribution in [0.25, 0.3) is 0 Å². The van der Waals surface area contributed by atoms with Crippen LogP contribution in [0.5, 0.6) is 0 Å². The van der Waals surface area contributed by atoms with E-state index in [-0.39, 0.29) is 24.4 Å². The van der Waals surface area contributed by atoms with Gasteiger partial charge in [0.1, 0.15) is 0 Å². The molecule has 1 heterocycles. The predicted molar refractivity (Wildman–Crippen MR) is 102 cm³/mol. The van der Waals surface area contributed by atoms with Gasteiger partial charge in [0.15, 0.2) is 0 Å². The van der Waals surface area contributed by atoms with Crippen LogP contribution < -0.4 is 10.6 Å². The van der Waals surface area contributed by atoms with Crippen LogP contribution in [-0.2, 0) is 9.59 Å². The van der Waals surface area contributed by atoms with Crippen LogP contribution in [0.2, 0.25) is 0 Å². The Hall–Kier alpha value is -1.88. The van der Waals surface area contributed by atoms with Crippen molar-refractivity contribution in [2.75, 3.05) is 25.0 Å². The maximum Gasteiger partial charge on any atom is 0.243 e. The van der Waals surface area contributed by atoms with Gasteiger partial charge in [-0.15, -0.1) is 0 Å². The Labute approximate surface area is 151 Å². The molecule has 2 N–H and O–H groups in total. The molecule has 1 saturated heterocycles. The van der Waals surface area contributed by atoms with Gasteiger partial charge in [-0.25, -0.2) is 0 Å². The maximum atomic E-state index is 12.4. The molecule has 0 radical (unpaired) electrons. The summed E-state index contributed by atoms with van der Waals surface area (Å²) in [6.45, 7) is 7.79. The molecule has 1 fully saturated rings. The number of rotatable bonds is 5. The Morgan fingerprint density at radius 3 is 2.20 bits per heavy atom. The zero-order chi connectivity index (χ0) is 18.2. The van der Waals surface area contributed by atoms with Crippen LogP contribution in [0.1, 0.15) is 50.2 Å². The Morgan fingerprint density at radius 2 is 1.60 bits per heavy atom. The molecule has 0 aliphatic carbocycles. The van der Waals surface area contributed by atoms with Crippen molar-refractivity contribution in [3.05, 3.63) is 29.3 Å². The fourth-order valence-corrected chi connectivity index (χ4v) is 3.34. The highest BCUT2D eigenvalue weighted by Gasteiger charge is 2.22. The van der Waals surface area contributed by atoms with Crippen LogP contribution in [0.4, 0.5) is 5.69 Å². The number of hydrogen-bond donors (Lipinski definition) is 2. The van der Waals surface area contributed by atoms with Crippen molar-refractivity contribution in [1.82, 2.24) is 10.2 Å². The first-order chi connectivity index (χ1) is 12.0. The molecule has 1 atom stereocenters. The van der Waals surface area contributed by atoms with Crippen LogP contribution in [-0.4, -0.2) is 42.4 Å². The predicted octanol–water partition coefficient (Wildman–Crippen LogP) is 3.01. The third kappa shape index (κ3) is 5.85. The largest absolute Gasteiger partial charge is 0.346 e. The quantitative estimate of drug-likeness (QED) is 0.862. The van der Waals surface area contributed by atoms with E-state index < -0.39 is 0 Å². The molecule has 138 valence electrons. The molecule has 5 nitrogen and oxygen atoms in total. The van der Waals surface area contributed by atoms with Crippen molar-refractivity contribution in [1.29, 1.82) is 0 Å². The smallest absolute Gasteiger partial charge is 0.243 e. The second-order valence-electron chi connectivity index (χ2n) is 7.01. The minimum Gasteiger partial charge on any atom is -0.346 e. The Bertz CT molecular complexity index is 572. The minimum absolute atomic E-state index is 0.00475. The van der Waals surface area contributed by atoms with Crippen LogP contribution in [0.3, 0.4) is 0 Å². The number of benzene rings is 1. The fraction of sp³-hybridized carbons (Fsp3) is 0.600. The van der Waals surface area contributed by atoms with E-state index in [9.17, 15) is 9.59 Å². The SMILES string of the molecule is Cc1cccc(C)c1NC(=O)CNC(=O)[C@@H](C)N1CCCCCCC1. The van der Waals surface area contributed by atoms with E-state index in [2.05, 4.69) is 15.5 Å². The number of para-hydroxylation sites is 1. The third-order valence-corrected chi connectivity index (χ3v) is 4.99. The normalized spacial score (nSPS) is 17.2. The van der Waals surface area contributed by atoms with Gasteiger partial charge < -0.3 is 10.6 Å². The standard InChI is InChI=1S/C20H31N3O2/c1-15-10-9-11-16(2)19(15)22-18(24)14-21-20(25)17(3)23-12-7-5-4-6-8-13-23/h9-11,17H,4-8,12-14H2,1-3H3,(H,21,25)(H,22,24)/t17-/m1/s1. The van der Waals surface area contributed by atoms with Gasteiger partial charge in [-0.1, -0.05) is 37.5 Å². The van der Waals surface area contributed by atoms with E-state index in [0.29, 0.717) is 0 Å². The van der Waals surface area contributed by atoms with Crippen molar-refractivity contribution in [3.8, 4) is 0 Å². The Kier molecular flexibility index (Phi) is 7.44. The minimum atomic E-state index is -0.189.